The monoisotopic (exact) mass is 564 g/mol. The summed E-state index contributed by atoms with van der Waals surface area (Å²) in [5.74, 6) is 1.90. The third kappa shape index (κ3) is 5.33. The second-order valence-electron chi connectivity index (χ2n) is 11.1. The van der Waals surface area contributed by atoms with Crippen molar-refractivity contribution in [2.75, 3.05) is 0 Å². The zero-order valence-electron chi connectivity index (χ0n) is 23.8. The van der Waals surface area contributed by atoms with Crippen LogP contribution in [-0.4, -0.2) is 25.4 Å². The summed E-state index contributed by atoms with van der Waals surface area (Å²) in [5, 5.41) is 3.42. The van der Waals surface area contributed by atoms with E-state index in [-0.39, 0.29) is 6.42 Å². The molecule has 206 valence electrons. The maximum absolute atomic E-state index is 13.7. The minimum atomic E-state index is -2.93. The summed E-state index contributed by atoms with van der Waals surface area (Å²) in [4.78, 5) is 13.7. The minimum Gasteiger partial charge on any atom is -0.431 e. The van der Waals surface area contributed by atoms with Gasteiger partial charge in [-0.3, -0.25) is 0 Å². The smallest absolute Gasteiger partial charge is 0.354 e. The molecule has 3 nitrogen and oxygen atoms in total. The number of hydrogen-bond acceptors (Lipinski definition) is 3. The van der Waals surface area contributed by atoms with Crippen LogP contribution in [0, 0.1) is 11.5 Å². The summed E-state index contributed by atoms with van der Waals surface area (Å²) in [7, 11) is -2.93. The van der Waals surface area contributed by atoms with E-state index in [2.05, 4.69) is 109 Å². The zero-order chi connectivity index (χ0) is 29.0. The molecule has 0 N–H and O–H groups in total. The van der Waals surface area contributed by atoms with Crippen molar-refractivity contribution in [1.82, 2.24) is 0 Å². The molecule has 0 unspecified atom stereocenters. The average molecular weight is 565 g/mol. The lowest BCUT2D eigenvalue weighted by Crippen LogP contribution is -2.66. The van der Waals surface area contributed by atoms with Gasteiger partial charge >= 0.3 is 5.97 Å². The Bertz CT molecular complexity index is 1630. The van der Waals surface area contributed by atoms with Crippen molar-refractivity contribution in [2.45, 2.75) is 31.7 Å². The molecular weight excluding hydrogens is 533 g/mol. The maximum Gasteiger partial charge on any atom is 0.354 e. The molecule has 1 atom stereocenters. The molecule has 0 spiro atoms. The molecule has 5 aromatic rings. The fraction of sp³-hybridized carbons (Fsp3) is 0.132. The van der Waals surface area contributed by atoms with E-state index in [1.807, 2.05) is 48.5 Å². The van der Waals surface area contributed by atoms with E-state index in [1.54, 1.807) is 13.8 Å². The molecular formula is C38H32O3Si. The third-order valence-corrected chi connectivity index (χ3v) is 11.8. The first-order valence-electron chi connectivity index (χ1n) is 14.2. The fourth-order valence-corrected chi connectivity index (χ4v) is 9.63. The molecule has 0 aliphatic carbocycles. The number of carbonyl (C=O) groups excluding carboxylic acids is 1. The van der Waals surface area contributed by atoms with E-state index < -0.39 is 25.4 Å². The van der Waals surface area contributed by atoms with E-state index in [0.717, 1.165) is 32.3 Å². The Hall–Kier alpha value is -4.69. The van der Waals surface area contributed by atoms with Gasteiger partial charge in [0.25, 0.3) is 0 Å². The predicted molar refractivity (Wildman–Crippen MR) is 171 cm³/mol. The Morgan fingerprint density at radius 2 is 1.02 bits per heavy atom. The highest BCUT2D eigenvalue weighted by Gasteiger charge is 2.54. The molecule has 6 rings (SSSR count). The molecule has 42 heavy (non-hydrogen) atoms. The standard InChI is InChI=1S/C38H32O3Si/c1-37(2)40-36(39)38(41-37,29-30-23-25-32(26-24-30)31-15-7-3-8-16-31)27-28-42(33-17-9-4-10-18-33,34-19-11-5-12-20-34)35-21-13-6-14-22-35/h3-26H,29H2,1-2H3/t38-/m0/s1. The summed E-state index contributed by atoms with van der Waals surface area (Å²) >= 11 is 0. The Morgan fingerprint density at radius 1 is 0.595 bits per heavy atom. The van der Waals surface area contributed by atoms with E-state index in [0.29, 0.717) is 0 Å². The van der Waals surface area contributed by atoms with E-state index in [9.17, 15) is 4.79 Å². The van der Waals surface area contributed by atoms with Crippen LogP contribution in [0.2, 0.25) is 0 Å². The molecule has 0 bridgehead atoms. The van der Waals surface area contributed by atoms with Gasteiger partial charge in [0.1, 0.15) is 0 Å². The Morgan fingerprint density at radius 3 is 1.45 bits per heavy atom. The van der Waals surface area contributed by atoms with Crippen LogP contribution in [0.5, 0.6) is 0 Å². The molecule has 0 radical (unpaired) electrons. The van der Waals surface area contributed by atoms with Gasteiger partial charge in [0.05, 0.1) is 0 Å². The van der Waals surface area contributed by atoms with Crippen molar-refractivity contribution in [3.8, 4) is 22.6 Å². The highest BCUT2D eigenvalue weighted by atomic mass is 28.3. The maximum atomic E-state index is 13.7. The SMILES string of the molecule is CC1(C)OC(=O)[C@](C#C[Si](c2ccccc2)(c2ccccc2)c2ccccc2)(Cc2ccc(-c3ccccc3)cc2)O1. The minimum absolute atomic E-state index is 0.278. The van der Waals surface area contributed by atoms with Crippen LogP contribution >= 0.6 is 0 Å². The molecule has 0 saturated carbocycles. The lowest BCUT2D eigenvalue weighted by Gasteiger charge is -2.29. The molecule has 5 aromatic carbocycles. The van der Waals surface area contributed by atoms with Crippen LogP contribution < -0.4 is 15.6 Å². The molecule has 1 aliphatic heterocycles. The second kappa shape index (κ2) is 11.3. The summed E-state index contributed by atoms with van der Waals surface area (Å²) in [6, 6.07) is 49.7. The van der Waals surface area contributed by atoms with Crippen molar-refractivity contribution in [3.05, 3.63) is 151 Å². The van der Waals surface area contributed by atoms with Crippen molar-refractivity contribution in [3.63, 3.8) is 0 Å². The van der Waals surface area contributed by atoms with Crippen molar-refractivity contribution >= 4 is 29.6 Å². The predicted octanol–water partition coefficient (Wildman–Crippen LogP) is 5.66. The number of hydrogen-bond donors (Lipinski definition) is 0. The zero-order valence-corrected chi connectivity index (χ0v) is 24.8. The second-order valence-corrected chi connectivity index (χ2v) is 14.5. The van der Waals surface area contributed by atoms with E-state index in [1.165, 1.54) is 0 Å². The Kier molecular flexibility index (Phi) is 7.39. The van der Waals surface area contributed by atoms with Gasteiger partial charge in [-0.05, 0) is 32.3 Å². The summed E-state index contributed by atoms with van der Waals surface area (Å²) in [6.07, 6.45) is 0.278. The van der Waals surface area contributed by atoms with Gasteiger partial charge in [-0.2, -0.15) is 0 Å². The first kappa shape index (κ1) is 27.5. The van der Waals surface area contributed by atoms with Crippen LogP contribution in [0.4, 0.5) is 0 Å². The lowest BCUT2D eigenvalue weighted by molar-refractivity contribution is -0.162. The van der Waals surface area contributed by atoms with Crippen LogP contribution in [-0.2, 0) is 20.7 Å². The van der Waals surface area contributed by atoms with Crippen LogP contribution in [0.3, 0.4) is 0 Å². The highest BCUT2D eigenvalue weighted by Crippen LogP contribution is 2.35. The van der Waals surface area contributed by atoms with E-state index in [4.69, 9.17) is 9.47 Å². The van der Waals surface area contributed by atoms with Gasteiger partial charge in [0, 0.05) is 20.3 Å². The van der Waals surface area contributed by atoms with Gasteiger partial charge < -0.3 is 9.47 Å². The summed E-state index contributed by atoms with van der Waals surface area (Å²) in [5.41, 5.74) is 5.50. The van der Waals surface area contributed by atoms with Crippen LogP contribution in [0.25, 0.3) is 11.1 Å². The van der Waals surface area contributed by atoms with Gasteiger partial charge in [-0.1, -0.05) is 152 Å². The number of benzene rings is 5. The molecule has 1 saturated heterocycles. The lowest BCUT2D eigenvalue weighted by atomic mass is 9.94. The largest absolute Gasteiger partial charge is 0.431 e. The number of rotatable bonds is 6. The molecule has 4 heteroatoms. The fourth-order valence-electron chi connectivity index (χ4n) is 5.73. The van der Waals surface area contributed by atoms with Gasteiger partial charge in [0.15, 0.2) is 0 Å². The number of cyclic esters (lactones) is 1. The molecule has 1 heterocycles. The molecule has 0 amide bonds. The first-order chi connectivity index (χ1) is 20.4. The third-order valence-electron chi connectivity index (χ3n) is 7.67. The van der Waals surface area contributed by atoms with Crippen LogP contribution in [0.15, 0.2) is 146 Å². The van der Waals surface area contributed by atoms with Crippen LogP contribution in [0.1, 0.15) is 19.4 Å². The Labute approximate surface area is 248 Å². The molecule has 1 aliphatic rings. The van der Waals surface area contributed by atoms with Crippen molar-refractivity contribution in [1.29, 1.82) is 0 Å². The van der Waals surface area contributed by atoms with E-state index >= 15 is 0 Å². The van der Waals surface area contributed by atoms with Crippen molar-refractivity contribution < 1.29 is 14.3 Å². The summed E-state index contributed by atoms with van der Waals surface area (Å²) in [6.45, 7) is 3.53. The highest BCUT2D eigenvalue weighted by molar-refractivity contribution is 7.16. The van der Waals surface area contributed by atoms with Gasteiger partial charge in [-0.15, -0.1) is 5.54 Å². The quantitative estimate of drug-likeness (QED) is 0.116. The molecule has 1 fully saturated rings. The van der Waals surface area contributed by atoms with Gasteiger partial charge in [0.2, 0.25) is 19.5 Å². The van der Waals surface area contributed by atoms with Crippen molar-refractivity contribution in [2.24, 2.45) is 0 Å². The number of carbonyl (C=O) groups is 1. The normalized spacial score (nSPS) is 17.6. The van der Waals surface area contributed by atoms with Gasteiger partial charge in [-0.25, -0.2) is 4.79 Å². The first-order valence-corrected chi connectivity index (χ1v) is 16.2. The Balaban J connectivity index is 1.51. The number of ether oxygens (including phenoxy) is 2. The summed E-state index contributed by atoms with van der Waals surface area (Å²) < 4.78 is 12.2. The molecule has 0 aromatic heterocycles. The number of esters is 1. The average Bonchev–Trinajstić information content (AvgIpc) is 3.26. The topological polar surface area (TPSA) is 35.5 Å².